The quantitative estimate of drug-likeness (QED) is 0.901. The predicted molar refractivity (Wildman–Crippen MR) is 79.3 cm³/mol. The van der Waals surface area contributed by atoms with Crippen LogP contribution in [-0.2, 0) is 4.79 Å². The van der Waals surface area contributed by atoms with Crippen molar-refractivity contribution in [2.45, 2.75) is 19.9 Å². The van der Waals surface area contributed by atoms with Crippen LogP contribution >= 0.6 is 0 Å². The highest BCUT2D eigenvalue weighted by atomic mass is 19.1. The highest BCUT2D eigenvalue weighted by Gasteiger charge is 2.18. The lowest BCUT2D eigenvalue weighted by Gasteiger charge is -2.17. The molecule has 1 unspecified atom stereocenters. The summed E-state index contributed by atoms with van der Waals surface area (Å²) in [5.74, 6) is -1.78. The molecule has 0 aromatic heterocycles. The maximum absolute atomic E-state index is 13.9. The van der Waals surface area contributed by atoms with Crippen LogP contribution in [0.5, 0.6) is 0 Å². The van der Waals surface area contributed by atoms with E-state index >= 15 is 0 Å². The van der Waals surface area contributed by atoms with Gasteiger partial charge in [-0.05, 0) is 37.6 Å². The molecule has 0 bridgehead atoms. The molecule has 2 rings (SSSR count). The van der Waals surface area contributed by atoms with E-state index in [2.05, 4.69) is 10.6 Å². The van der Waals surface area contributed by atoms with Gasteiger partial charge in [0, 0.05) is 5.69 Å². The zero-order chi connectivity index (χ0) is 15.4. The third-order valence-corrected chi connectivity index (χ3v) is 3.08. The first-order chi connectivity index (χ1) is 9.99. The number of aryl methyl sites for hydroxylation is 1. The second kappa shape index (κ2) is 6.35. The minimum Gasteiger partial charge on any atom is -0.369 e. The molecular weight excluding hydrogens is 274 g/mol. The molecule has 21 heavy (non-hydrogen) atoms. The number of rotatable bonds is 4. The van der Waals surface area contributed by atoms with E-state index in [1.54, 1.807) is 31.2 Å². The number of nitrogens with one attached hydrogen (secondary N) is 2. The Kier molecular flexibility index (Phi) is 4.52. The highest BCUT2D eigenvalue weighted by molar-refractivity contribution is 5.96. The molecule has 0 heterocycles. The standard InChI is InChI=1S/C16H16F2N2O/c1-10-8-9-13(17)15(14(10)18)19-11(2)16(21)20-12-6-4-3-5-7-12/h3-9,11,19H,1-2H3,(H,20,21). The fraction of sp³-hybridized carbons (Fsp3) is 0.188. The number of amides is 1. The summed E-state index contributed by atoms with van der Waals surface area (Å²) in [6.45, 7) is 3.08. The van der Waals surface area contributed by atoms with Gasteiger partial charge in [0.1, 0.15) is 17.5 Å². The summed E-state index contributed by atoms with van der Waals surface area (Å²) in [4.78, 5) is 12.0. The Morgan fingerprint density at radius 1 is 1.10 bits per heavy atom. The highest BCUT2D eigenvalue weighted by Crippen LogP contribution is 2.22. The molecular formula is C16H16F2N2O. The van der Waals surface area contributed by atoms with Crippen molar-refractivity contribution in [3.05, 3.63) is 59.7 Å². The maximum Gasteiger partial charge on any atom is 0.246 e. The molecule has 2 N–H and O–H groups in total. The third-order valence-electron chi connectivity index (χ3n) is 3.08. The average molecular weight is 290 g/mol. The normalized spacial score (nSPS) is 11.8. The molecule has 0 aliphatic heterocycles. The van der Waals surface area contributed by atoms with E-state index in [0.717, 1.165) is 0 Å². The number of hydrogen-bond donors (Lipinski definition) is 2. The van der Waals surface area contributed by atoms with Crippen molar-refractivity contribution in [2.24, 2.45) is 0 Å². The van der Waals surface area contributed by atoms with Crippen LogP contribution in [0, 0.1) is 18.6 Å². The van der Waals surface area contributed by atoms with Crippen molar-refractivity contribution in [2.75, 3.05) is 10.6 Å². The van der Waals surface area contributed by atoms with E-state index in [1.165, 1.54) is 19.1 Å². The van der Waals surface area contributed by atoms with Crippen LogP contribution in [0.1, 0.15) is 12.5 Å². The summed E-state index contributed by atoms with van der Waals surface area (Å²) in [7, 11) is 0. The number of carbonyl (C=O) groups excluding carboxylic acids is 1. The van der Waals surface area contributed by atoms with E-state index < -0.39 is 17.7 Å². The summed E-state index contributed by atoms with van der Waals surface area (Å²) in [5.41, 5.74) is 0.654. The predicted octanol–water partition coefficient (Wildman–Crippen LogP) is 3.71. The first-order valence-electron chi connectivity index (χ1n) is 6.56. The van der Waals surface area contributed by atoms with E-state index in [4.69, 9.17) is 0 Å². The Hall–Kier alpha value is -2.43. The Morgan fingerprint density at radius 3 is 2.43 bits per heavy atom. The molecule has 2 aromatic carbocycles. The van der Waals surface area contributed by atoms with Crippen LogP contribution in [0.2, 0.25) is 0 Å². The number of para-hydroxylation sites is 1. The Balaban J connectivity index is 2.10. The molecule has 0 saturated carbocycles. The first-order valence-corrected chi connectivity index (χ1v) is 6.56. The molecule has 0 radical (unpaired) electrons. The molecule has 3 nitrogen and oxygen atoms in total. The number of carbonyl (C=O) groups is 1. The topological polar surface area (TPSA) is 41.1 Å². The summed E-state index contributed by atoms with van der Waals surface area (Å²) in [5, 5.41) is 5.25. The van der Waals surface area contributed by atoms with Gasteiger partial charge in [0.25, 0.3) is 0 Å². The van der Waals surface area contributed by atoms with E-state index in [0.29, 0.717) is 11.3 Å². The van der Waals surface area contributed by atoms with Crippen molar-refractivity contribution >= 4 is 17.3 Å². The minimum atomic E-state index is -0.781. The number of anilines is 2. The van der Waals surface area contributed by atoms with Gasteiger partial charge >= 0.3 is 0 Å². The minimum absolute atomic E-state index is 0.286. The van der Waals surface area contributed by atoms with Gasteiger partial charge in [-0.25, -0.2) is 8.78 Å². The fourth-order valence-electron chi connectivity index (χ4n) is 1.84. The lowest BCUT2D eigenvalue weighted by atomic mass is 10.1. The van der Waals surface area contributed by atoms with Crippen molar-refractivity contribution in [3.8, 4) is 0 Å². The lowest BCUT2D eigenvalue weighted by Crippen LogP contribution is -2.32. The lowest BCUT2D eigenvalue weighted by molar-refractivity contribution is -0.116. The van der Waals surface area contributed by atoms with Crippen LogP contribution in [0.3, 0.4) is 0 Å². The molecule has 0 aliphatic rings. The van der Waals surface area contributed by atoms with Crippen LogP contribution in [0.4, 0.5) is 20.2 Å². The third kappa shape index (κ3) is 3.56. The Morgan fingerprint density at radius 2 is 1.76 bits per heavy atom. The molecule has 110 valence electrons. The Labute approximate surface area is 122 Å². The maximum atomic E-state index is 13.9. The molecule has 0 saturated heterocycles. The molecule has 0 aliphatic carbocycles. The van der Waals surface area contributed by atoms with Crippen molar-refractivity contribution in [1.29, 1.82) is 0 Å². The van der Waals surface area contributed by atoms with Crippen LogP contribution in [-0.4, -0.2) is 11.9 Å². The molecule has 1 amide bonds. The van der Waals surface area contributed by atoms with Gasteiger partial charge in [0.2, 0.25) is 5.91 Å². The smallest absolute Gasteiger partial charge is 0.246 e. The number of halogens is 2. The van der Waals surface area contributed by atoms with Gasteiger partial charge in [-0.15, -0.1) is 0 Å². The number of hydrogen-bond acceptors (Lipinski definition) is 2. The van der Waals surface area contributed by atoms with Gasteiger partial charge in [-0.1, -0.05) is 24.3 Å². The Bertz CT molecular complexity index is 644. The molecule has 5 heteroatoms. The second-order valence-corrected chi connectivity index (χ2v) is 4.77. The van der Waals surface area contributed by atoms with E-state index in [9.17, 15) is 13.6 Å². The van der Waals surface area contributed by atoms with Crippen LogP contribution < -0.4 is 10.6 Å². The summed E-state index contributed by atoms with van der Waals surface area (Å²) < 4.78 is 27.5. The monoisotopic (exact) mass is 290 g/mol. The van der Waals surface area contributed by atoms with Gasteiger partial charge in [0.05, 0.1) is 0 Å². The molecule has 1 atom stereocenters. The molecule has 2 aromatic rings. The zero-order valence-corrected chi connectivity index (χ0v) is 11.8. The van der Waals surface area contributed by atoms with Crippen molar-refractivity contribution in [3.63, 3.8) is 0 Å². The SMILES string of the molecule is Cc1ccc(F)c(NC(C)C(=O)Nc2ccccc2)c1F. The van der Waals surface area contributed by atoms with Crippen LogP contribution in [0.15, 0.2) is 42.5 Å². The zero-order valence-electron chi connectivity index (χ0n) is 11.8. The van der Waals surface area contributed by atoms with Gasteiger partial charge in [-0.2, -0.15) is 0 Å². The summed E-state index contributed by atoms with van der Waals surface area (Å²) in [6, 6.07) is 10.6. The molecule has 0 spiro atoms. The van der Waals surface area contributed by atoms with Gasteiger partial charge < -0.3 is 10.6 Å². The molecule has 0 fully saturated rings. The van der Waals surface area contributed by atoms with E-state index in [1.807, 2.05) is 6.07 Å². The van der Waals surface area contributed by atoms with Gasteiger partial charge in [-0.3, -0.25) is 4.79 Å². The summed E-state index contributed by atoms with van der Waals surface area (Å²) in [6.07, 6.45) is 0. The largest absolute Gasteiger partial charge is 0.369 e. The number of benzene rings is 2. The van der Waals surface area contributed by atoms with Crippen molar-refractivity contribution < 1.29 is 13.6 Å². The fourth-order valence-corrected chi connectivity index (χ4v) is 1.84. The average Bonchev–Trinajstić information content (AvgIpc) is 2.48. The summed E-state index contributed by atoms with van der Waals surface area (Å²) >= 11 is 0. The van der Waals surface area contributed by atoms with Crippen LogP contribution in [0.25, 0.3) is 0 Å². The van der Waals surface area contributed by atoms with E-state index in [-0.39, 0.29) is 11.6 Å². The van der Waals surface area contributed by atoms with Crippen molar-refractivity contribution in [1.82, 2.24) is 0 Å². The van der Waals surface area contributed by atoms with Gasteiger partial charge in [0.15, 0.2) is 5.82 Å². The first kappa shape index (κ1) is 15.0. The second-order valence-electron chi connectivity index (χ2n) is 4.77.